The van der Waals surface area contributed by atoms with Crippen molar-refractivity contribution in [1.29, 1.82) is 0 Å². The molecule has 0 aliphatic carbocycles. The fourth-order valence-corrected chi connectivity index (χ4v) is 7.42. The molecule has 7 rings (SSSR count). The molecule has 0 unspecified atom stereocenters. The molecule has 4 aromatic rings. The third kappa shape index (κ3) is 4.99. The molecule has 0 bridgehead atoms. The van der Waals surface area contributed by atoms with E-state index in [0.717, 1.165) is 58.2 Å². The minimum Gasteiger partial charge on any atom is -0.508 e. The van der Waals surface area contributed by atoms with Crippen molar-refractivity contribution in [2.75, 3.05) is 37.7 Å². The lowest BCUT2D eigenvalue weighted by Crippen LogP contribution is -2.43. The van der Waals surface area contributed by atoms with Crippen LogP contribution in [0.2, 0.25) is 0 Å². The Kier molecular flexibility index (Phi) is 7.19. The fourth-order valence-electron chi connectivity index (χ4n) is 7.42. The minimum absolute atomic E-state index is 0.0774. The Balaban J connectivity index is 1.39. The molecule has 10 heteroatoms. The average molecular weight is 591 g/mol. The van der Waals surface area contributed by atoms with Gasteiger partial charge in [-0.3, -0.25) is 4.90 Å². The van der Waals surface area contributed by atoms with E-state index < -0.39 is 17.6 Å². The van der Waals surface area contributed by atoms with Crippen molar-refractivity contribution in [2.45, 2.75) is 70.0 Å². The van der Waals surface area contributed by atoms with Gasteiger partial charge in [-0.1, -0.05) is 31.4 Å². The van der Waals surface area contributed by atoms with Crippen molar-refractivity contribution in [2.24, 2.45) is 0 Å². The van der Waals surface area contributed by atoms with Crippen LogP contribution in [0.25, 0.3) is 33.0 Å². The molecule has 2 aromatic carbocycles. The van der Waals surface area contributed by atoms with E-state index in [1.165, 1.54) is 24.6 Å². The quantitative estimate of drug-likeness (QED) is 0.290. The highest BCUT2D eigenvalue weighted by Gasteiger charge is 2.49. The lowest BCUT2D eigenvalue weighted by Gasteiger charge is -2.31. The van der Waals surface area contributed by atoms with E-state index in [4.69, 9.17) is 19.1 Å². The number of aryl methyl sites for hydroxylation is 1. The van der Waals surface area contributed by atoms with Crippen LogP contribution in [0.15, 0.2) is 39.5 Å². The Morgan fingerprint density at radius 1 is 1.07 bits per heavy atom. The van der Waals surface area contributed by atoms with E-state index in [1.807, 2.05) is 0 Å². The molecule has 1 N–H and O–H groups in total. The summed E-state index contributed by atoms with van der Waals surface area (Å²) in [5.74, 6) is 0.0216. The zero-order valence-corrected chi connectivity index (χ0v) is 24.4. The van der Waals surface area contributed by atoms with Crippen LogP contribution in [0, 0.1) is 12.7 Å². The van der Waals surface area contributed by atoms with Crippen molar-refractivity contribution in [3.8, 4) is 23.1 Å². The number of nitrogens with zero attached hydrogens (tertiary/aromatic N) is 4. The predicted molar refractivity (Wildman–Crippen MR) is 161 cm³/mol. The Bertz CT molecular complexity index is 1750. The van der Waals surface area contributed by atoms with Gasteiger partial charge in [-0.15, -0.1) is 0 Å². The second-order valence-corrected chi connectivity index (χ2v) is 12.3. The number of anilines is 1. The predicted octanol–water partition coefficient (Wildman–Crippen LogP) is 6.28. The molecule has 3 aliphatic rings. The number of ether oxygens (including phenoxy) is 1. The van der Waals surface area contributed by atoms with E-state index >= 15 is 4.39 Å². The zero-order chi connectivity index (χ0) is 29.7. The van der Waals surface area contributed by atoms with Gasteiger partial charge in [-0.05, 0) is 62.7 Å². The molecular formula is C33H36F2N4O4. The topological polar surface area (TPSA) is 91.9 Å². The highest BCUT2D eigenvalue weighted by atomic mass is 19.1. The third-order valence-electron chi connectivity index (χ3n) is 9.51. The average Bonchev–Trinajstić information content (AvgIpc) is 3.48. The molecular weight excluding hydrogens is 554 g/mol. The van der Waals surface area contributed by atoms with Crippen LogP contribution in [0.5, 0.6) is 11.8 Å². The van der Waals surface area contributed by atoms with Gasteiger partial charge in [-0.2, -0.15) is 9.97 Å². The molecule has 3 fully saturated rings. The number of phenolic OH excluding ortho intramolecular Hbond substituents is 1. The normalized spacial score (nSPS) is 23.0. The Morgan fingerprint density at radius 2 is 1.86 bits per heavy atom. The maximum Gasteiger partial charge on any atom is 0.349 e. The highest BCUT2D eigenvalue weighted by molar-refractivity contribution is 6.00. The molecule has 43 heavy (non-hydrogen) atoms. The van der Waals surface area contributed by atoms with Crippen molar-refractivity contribution < 1.29 is 23.0 Å². The smallest absolute Gasteiger partial charge is 0.349 e. The number of hydrogen-bond acceptors (Lipinski definition) is 8. The Morgan fingerprint density at radius 3 is 2.67 bits per heavy atom. The number of fused-ring (bicyclic) bond motifs is 3. The summed E-state index contributed by atoms with van der Waals surface area (Å²) < 4.78 is 41.8. The summed E-state index contributed by atoms with van der Waals surface area (Å²) in [5.41, 5.74) is 0.113. The summed E-state index contributed by atoms with van der Waals surface area (Å²) in [5, 5.41) is 11.5. The van der Waals surface area contributed by atoms with Gasteiger partial charge in [0.2, 0.25) is 0 Å². The molecule has 0 radical (unpaired) electrons. The maximum atomic E-state index is 15.2. The number of phenols is 1. The van der Waals surface area contributed by atoms with Gasteiger partial charge in [0.25, 0.3) is 0 Å². The van der Waals surface area contributed by atoms with E-state index in [-0.39, 0.29) is 46.0 Å². The third-order valence-corrected chi connectivity index (χ3v) is 9.51. The largest absolute Gasteiger partial charge is 0.508 e. The van der Waals surface area contributed by atoms with E-state index in [1.54, 1.807) is 19.1 Å². The summed E-state index contributed by atoms with van der Waals surface area (Å²) >= 11 is 0. The molecule has 226 valence electrons. The van der Waals surface area contributed by atoms with Crippen molar-refractivity contribution in [1.82, 2.24) is 14.9 Å². The van der Waals surface area contributed by atoms with Gasteiger partial charge in [-0.25, -0.2) is 13.6 Å². The second-order valence-electron chi connectivity index (χ2n) is 12.3. The van der Waals surface area contributed by atoms with Gasteiger partial charge in [0.15, 0.2) is 5.82 Å². The molecule has 0 spiro atoms. The number of aromatic nitrogens is 2. The van der Waals surface area contributed by atoms with Crippen LogP contribution >= 0.6 is 0 Å². The molecule has 2 aromatic heterocycles. The number of alkyl halides is 1. The maximum absolute atomic E-state index is 15.2. The Hall–Kier alpha value is -3.79. The van der Waals surface area contributed by atoms with Crippen molar-refractivity contribution in [3.63, 3.8) is 0 Å². The number of benzene rings is 2. The van der Waals surface area contributed by atoms with Gasteiger partial charge >= 0.3 is 11.6 Å². The van der Waals surface area contributed by atoms with Crippen LogP contribution in [-0.2, 0) is 0 Å². The van der Waals surface area contributed by atoms with Crippen LogP contribution < -0.4 is 15.3 Å². The van der Waals surface area contributed by atoms with Crippen molar-refractivity contribution in [3.05, 3.63) is 52.1 Å². The SMILES string of the molecule is Cc1c(-c2cc(O)cc3cccc(F)c23)oc(=O)c2c(N3CCCCCCC3)nc(OC[C@@]34CCCN3C[C@H](F)C4)nc12. The summed E-state index contributed by atoms with van der Waals surface area (Å²) in [4.78, 5) is 27.6. The number of aromatic hydroxyl groups is 1. The van der Waals surface area contributed by atoms with E-state index in [2.05, 4.69) is 9.80 Å². The molecule has 2 atom stereocenters. The summed E-state index contributed by atoms with van der Waals surface area (Å²) in [6, 6.07) is 7.60. The molecule has 0 amide bonds. The number of hydrogen-bond donors (Lipinski definition) is 1. The lowest BCUT2D eigenvalue weighted by molar-refractivity contribution is 0.107. The number of rotatable bonds is 5. The summed E-state index contributed by atoms with van der Waals surface area (Å²) in [6.45, 7) is 4.75. The molecule has 3 aliphatic heterocycles. The zero-order valence-electron chi connectivity index (χ0n) is 24.4. The van der Waals surface area contributed by atoms with Gasteiger partial charge in [0.05, 0.1) is 11.1 Å². The van der Waals surface area contributed by atoms with Gasteiger partial charge < -0.3 is 19.2 Å². The first-order valence-electron chi connectivity index (χ1n) is 15.4. The summed E-state index contributed by atoms with van der Waals surface area (Å²) in [7, 11) is 0. The molecule has 0 saturated carbocycles. The van der Waals surface area contributed by atoms with Crippen LogP contribution in [-0.4, -0.2) is 64.5 Å². The fraction of sp³-hybridized carbons (Fsp3) is 0.485. The monoisotopic (exact) mass is 590 g/mol. The first-order chi connectivity index (χ1) is 20.8. The first kappa shape index (κ1) is 28.0. The van der Waals surface area contributed by atoms with Crippen LogP contribution in [0.4, 0.5) is 14.6 Å². The molecule has 3 saturated heterocycles. The number of halogens is 2. The van der Waals surface area contributed by atoms with Crippen LogP contribution in [0.1, 0.15) is 56.9 Å². The summed E-state index contributed by atoms with van der Waals surface area (Å²) in [6.07, 6.45) is 6.68. The van der Waals surface area contributed by atoms with E-state index in [0.29, 0.717) is 35.2 Å². The highest BCUT2D eigenvalue weighted by Crippen LogP contribution is 2.41. The molecule has 8 nitrogen and oxygen atoms in total. The van der Waals surface area contributed by atoms with Crippen LogP contribution in [0.3, 0.4) is 0 Å². The first-order valence-corrected chi connectivity index (χ1v) is 15.4. The Labute approximate surface area is 248 Å². The standard InChI is InChI=1S/C33H36F2N4O4/c1-20-28-27(31(41)43-29(20)24-16-23(40)15-21-9-7-10-25(35)26(21)24)30(38-12-5-3-2-4-6-13-38)37-32(36-28)42-19-33-11-8-14-39(33)18-22(34)17-33/h7,9-10,15-16,22,40H,2-6,8,11-14,17-19H2,1H3/t22-,33+/m1/s1. The van der Waals surface area contributed by atoms with E-state index in [9.17, 15) is 14.3 Å². The second kappa shape index (κ2) is 11.0. The van der Waals surface area contributed by atoms with Crippen molar-refractivity contribution >= 4 is 27.5 Å². The lowest BCUT2D eigenvalue weighted by atomic mass is 9.95. The minimum atomic E-state index is -0.884. The van der Waals surface area contributed by atoms with Gasteiger partial charge in [0, 0.05) is 42.6 Å². The molecule has 5 heterocycles. The van der Waals surface area contributed by atoms with Gasteiger partial charge in [0.1, 0.15) is 35.5 Å².